The average Bonchev–Trinajstić information content (AvgIpc) is 2.42. The summed E-state index contributed by atoms with van der Waals surface area (Å²) in [4.78, 5) is 12.1. The van der Waals surface area contributed by atoms with E-state index in [0.717, 1.165) is 0 Å². The molecule has 0 saturated heterocycles. The van der Waals surface area contributed by atoms with E-state index in [1.165, 1.54) is 6.07 Å². The molecule has 1 aliphatic rings. The Hall–Kier alpha value is -1.43. The zero-order chi connectivity index (χ0) is 15.6. The molecular formula is C14H16ClF3N2O. The average molecular weight is 321 g/mol. The number of halogens is 4. The predicted molar refractivity (Wildman–Crippen MR) is 76.0 cm³/mol. The van der Waals surface area contributed by atoms with Crippen molar-refractivity contribution in [2.75, 3.05) is 11.1 Å². The number of alkyl halides is 3. The van der Waals surface area contributed by atoms with Gasteiger partial charge in [0.25, 0.3) is 0 Å². The van der Waals surface area contributed by atoms with Crippen LogP contribution in [0.25, 0.3) is 0 Å². The summed E-state index contributed by atoms with van der Waals surface area (Å²) in [6.45, 7) is 0. The number of hydrogen-bond acceptors (Lipinski definition) is 2. The van der Waals surface area contributed by atoms with Crippen LogP contribution in [0.5, 0.6) is 0 Å². The zero-order valence-electron chi connectivity index (χ0n) is 11.2. The van der Waals surface area contributed by atoms with Crippen molar-refractivity contribution >= 4 is 28.9 Å². The number of anilines is 2. The van der Waals surface area contributed by atoms with E-state index in [1.54, 1.807) is 12.1 Å². The third-order valence-electron chi connectivity index (χ3n) is 3.82. The largest absolute Gasteiger partial charge is 0.397 e. The molecule has 116 valence electrons. The van der Waals surface area contributed by atoms with Crippen molar-refractivity contribution < 1.29 is 18.0 Å². The molecule has 1 amide bonds. The molecule has 0 radical (unpaired) electrons. The van der Waals surface area contributed by atoms with Crippen molar-refractivity contribution in [3.05, 3.63) is 23.2 Å². The molecule has 0 aliphatic heterocycles. The minimum absolute atomic E-state index is 0.00431. The normalized spacial score (nSPS) is 22.9. The Morgan fingerprint density at radius 3 is 2.38 bits per heavy atom. The lowest BCUT2D eigenvalue weighted by atomic mass is 9.81. The van der Waals surface area contributed by atoms with Gasteiger partial charge in [0, 0.05) is 11.6 Å². The van der Waals surface area contributed by atoms with Crippen molar-refractivity contribution in [2.24, 2.45) is 11.8 Å². The van der Waals surface area contributed by atoms with Gasteiger partial charge in [-0.25, -0.2) is 0 Å². The molecule has 3 N–H and O–H groups in total. The van der Waals surface area contributed by atoms with Gasteiger partial charge in [0.2, 0.25) is 5.91 Å². The quantitative estimate of drug-likeness (QED) is 0.801. The Bertz CT molecular complexity index is 525. The Morgan fingerprint density at radius 2 is 1.86 bits per heavy atom. The van der Waals surface area contributed by atoms with Crippen molar-refractivity contribution in [3.63, 3.8) is 0 Å². The van der Waals surface area contributed by atoms with Crippen LogP contribution in [0.1, 0.15) is 25.7 Å². The van der Waals surface area contributed by atoms with Gasteiger partial charge < -0.3 is 11.1 Å². The van der Waals surface area contributed by atoms with Gasteiger partial charge >= 0.3 is 6.18 Å². The number of carbonyl (C=O) groups is 1. The first-order valence-corrected chi connectivity index (χ1v) is 7.08. The predicted octanol–water partition coefficient (Wildman–Crippen LogP) is 4.23. The molecule has 1 aromatic carbocycles. The van der Waals surface area contributed by atoms with Crippen LogP contribution in [0.4, 0.5) is 24.5 Å². The van der Waals surface area contributed by atoms with Crippen LogP contribution in [0, 0.1) is 11.8 Å². The monoisotopic (exact) mass is 320 g/mol. The van der Waals surface area contributed by atoms with E-state index in [-0.39, 0.29) is 37.5 Å². The highest BCUT2D eigenvalue weighted by Crippen LogP contribution is 2.39. The highest BCUT2D eigenvalue weighted by atomic mass is 35.5. The summed E-state index contributed by atoms with van der Waals surface area (Å²) < 4.78 is 37.7. The second-order valence-electron chi connectivity index (χ2n) is 5.32. The molecule has 0 spiro atoms. The molecule has 1 aliphatic carbocycles. The second kappa shape index (κ2) is 6.13. The first-order valence-electron chi connectivity index (χ1n) is 6.70. The molecule has 7 heteroatoms. The van der Waals surface area contributed by atoms with Crippen LogP contribution in [-0.2, 0) is 4.79 Å². The number of nitrogen functional groups attached to an aromatic ring is 1. The van der Waals surface area contributed by atoms with Crippen LogP contribution >= 0.6 is 11.6 Å². The van der Waals surface area contributed by atoms with Crippen LogP contribution in [-0.4, -0.2) is 12.1 Å². The van der Waals surface area contributed by atoms with Gasteiger partial charge in [0.05, 0.1) is 16.6 Å². The summed E-state index contributed by atoms with van der Waals surface area (Å²) in [5, 5.41) is 3.06. The maximum atomic E-state index is 12.6. The Balaban J connectivity index is 1.92. The number of nitrogens with two attached hydrogens (primary N) is 1. The summed E-state index contributed by atoms with van der Waals surface area (Å²) in [6, 6.07) is 4.70. The second-order valence-corrected chi connectivity index (χ2v) is 5.72. The molecule has 21 heavy (non-hydrogen) atoms. The van der Waals surface area contributed by atoms with Crippen LogP contribution in [0.2, 0.25) is 5.02 Å². The Kier molecular flexibility index (Phi) is 4.66. The third-order valence-corrected chi connectivity index (χ3v) is 4.17. The summed E-state index contributed by atoms with van der Waals surface area (Å²) in [7, 11) is 0. The SMILES string of the molecule is Nc1cc(NC(=O)C2CCC(C(F)(F)F)CC2)ccc1Cl. The van der Waals surface area contributed by atoms with Crippen LogP contribution in [0.15, 0.2) is 18.2 Å². The van der Waals surface area contributed by atoms with Gasteiger partial charge in [-0.15, -0.1) is 0 Å². The number of nitrogens with one attached hydrogen (secondary N) is 1. The maximum absolute atomic E-state index is 12.6. The lowest BCUT2D eigenvalue weighted by molar-refractivity contribution is -0.184. The zero-order valence-corrected chi connectivity index (χ0v) is 12.0. The third kappa shape index (κ3) is 4.03. The molecule has 1 fully saturated rings. The number of amides is 1. The van der Waals surface area contributed by atoms with Crippen molar-refractivity contribution in [3.8, 4) is 0 Å². The van der Waals surface area contributed by atoms with Gasteiger partial charge in [-0.3, -0.25) is 4.79 Å². The molecule has 1 aromatic rings. The van der Waals surface area contributed by atoms with Crippen molar-refractivity contribution in [1.82, 2.24) is 0 Å². The van der Waals surface area contributed by atoms with Gasteiger partial charge in [0.15, 0.2) is 0 Å². The van der Waals surface area contributed by atoms with E-state index in [1.807, 2.05) is 0 Å². The van der Waals surface area contributed by atoms with E-state index >= 15 is 0 Å². The fraction of sp³-hybridized carbons (Fsp3) is 0.500. The lowest BCUT2D eigenvalue weighted by Crippen LogP contribution is -2.32. The fourth-order valence-corrected chi connectivity index (χ4v) is 2.67. The number of benzene rings is 1. The van der Waals surface area contributed by atoms with E-state index in [2.05, 4.69) is 5.32 Å². The molecule has 3 nitrogen and oxygen atoms in total. The number of hydrogen-bond donors (Lipinski definition) is 2. The number of rotatable bonds is 2. The molecule has 0 unspecified atom stereocenters. The highest BCUT2D eigenvalue weighted by molar-refractivity contribution is 6.33. The lowest BCUT2D eigenvalue weighted by Gasteiger charge is -2.29. The van der Waals surface area contributed by atoms with E-state index in [4.69, 9.17) is 17.3 Å². The molecule has 0 atom stereocenters. The molecule has 0 aromatic heterocycles. The Labute approximate surface area is 125 Å². The van der Waals surface area contributed by atoms with Gasteiger partial charge in [-0.2, -0.15) is 13.2 Å². The fourth-order valence-electron chi connectivity index (χ4n) is 2.55. The van der Waals surface area contributed by atoms with Crippen molar-refractivity contribution in [1.29, 1.82) is 0 Å². The van der Waals surface area contributed by atoms with Crippen LogP contribution < -0.4 is 11.1 Å². The highest BCUT2D eigenvalue weighted by Gasteiger charge is 2.42. The first-order chi connectivity index (χ1) is 9.77. The minimum Gasteiger partial charge on any atom is -0.397 e. The topological polar surface area (TPSA) is 55.1 Å². The van der Waals surface area contributed by atoms with E-state index in [9.17, 15) is 18.0 Å². The van der Waals surface area contributed by atoms with Gasteiger partial charge in [-0.05, 0) is 43.9 Å². The number of carbonyl (C=O) groups excluding carboxylic acids is 1. The van der Waals surface area contributed by atoms with Gasteiger partial charge in [-0.1, -0.05) is 11.6 Å². The summed E-state index contributed by atoms with van der Waals surface area (Å²) in [6.07, 6.45) is -3.65. The molecule has 1 saturated carbocycles. The molecule has 2 rings (SSSR count). The smallest absolute Gasteiger partial charge is 0.391 e. The van der Waals surface area contributed by atoms with Crippen molar-refractivity contribution in [2.45, 2.75) is 31.9 Å². The first kappa shape index (κ1) is 15.9. The maximum Gasteiger partial charge on any atom is 0.391 e. The molecular weight excluding hydrogens is 305 g/mol. The van der Waals surface area contributed by atoms with Gasteiger partial charge in [0.1, 0.15) is 0 Å². The minimum atomic E-state index is -4.16. The van der Waals surface area contributed by atoms with E-state index < -0.39 is 12.1 Å². The summed E-state index contributed by atoms with van der Waals surface area (Å²) in [5.74, 6) is -1.94. The standard InChI is InChI=1S/C14H16ClF3N2O/c15-11-6-5-10(7-12(11)19)20-13(21)8-1-3-9(4-2-8)14(16,17)18/h5-9H,1-4,19H2,(H,20,21). The van der Waals surface area contributed by atoms with Crippen LogP contribution in [0.3, 0.4) is 0 Å². The summed E-state index contributed by atoms with van der Waals surface area (Å²) >= 11 is 5.78. The molecule has 0 heterocycles. The summed E-state index contributed by atoms with van der Waals surface area (Å²) in [5.41, 5.74) is 6.48. The van der Waals surface area contributed by atoms with E-state index in [0.29, 0.717) is 16.4 Å². The molecule has 0 bridgehead atoms. The Morgan fingerprint density at radius 1 is 1.24 bits per heavy atom.